The Bertz CT molecular complexity index is 354. The molecule has 0 aromatic carbocycles. The van der Waals surface area contributed by atoms with E-state index in [0.717, 1.165) is 25.9 Å². The summed E-state index contributed by atoms with van der Waals surface area (Å²) in [6, 6.07) is 0. The fourth-order valence-corrected chi connectivity index (χ4v) is 2.31. The summed E-state index contributed by atoms with van der Waals surface area (Å²) in [5.74, 6) is -1.01. The summed E-state index contributed by atoms with van der Waals surface area (Å²) in [5.41, 5.74) is 0. The number of hydrogen-bond donors (Lipinski definition) is 4. The zero-order valence-corrected chi connectivity index (χ0v) is 11.8. The maximum atomic E-state index is 11.7. The smallest absolute Gasteiger partial charge is 0.322 e. The summed E-state index contributed by atoms with van der Waals surface area (Å²) in [7, 11) is 0. The minimum Gasteiger partial charge on any atom is -0.480 e. The van der Waals surface area contributed by atoms with Gasteiger partial charge in [-0.25, -0.2) is 0 Å². The first-order chi connectivity index (χ1) is 9.49. The van der Waals surface area contributed by atoms with Crippen molar-refractivity contribution in [2.45, 2.75) is 26.2 Å². The van der Waals surface area contributed by atoms with Crippen LogP contribution in [0.1, 0.15) is 26.2 Å². The number of carbonyl (C=O) groups is 3. The summed E-state index contributed by atoms with van der Waals surface area (Å²) in [4.78, 5) is 33.2. The molecule has 7 heteroatoms. The molecule has 1 heterocycles. The number of carboxylic acids is 1. The summed E-state index contributed by atoms with van der Waals surface area (Å²) in [6.07, 6.45) is 2.65. The summed E-state index contributed by atoms with van der Waals surface area (Å²) >= 11 is 0. The molecule has 0 saturated carbocycles. The predicted molar refractivity (Wildman–Crippen MR) is 73.0 cm³/mol. The topological polar surface area (TPSA) is 108 Å². The molecule has 1 saturated heterocycles. The van der Waals surface area contributed by atoms with E-state index in [9.17, 15) is 14.4 Å². The van der Waals surface area contributed by atoms with Crippen LogP contribution >= 0.6 is 0 Å². The average Bonchev–Trinajstić information content (AvgIpc) is 2.43. The first kappa shape index (κ1) is 16.4. The van der Waals surface area contributed by atoms with Crippen LogP contribution in [-0.4, -0.2) is 49.1 Å². The van der Waals surface area contributed by atoms with Gasteiger partial charge < -0.3 is 21.1 Å². The van der Waals surface area contributed by atoms with Crippen LogP contribution in [0, 0.1) is 11.8 Å². The molecule has 0 spiro atoms. The second-order valence-corrected chi connectivity index (χ2v) is 5.24. The van der Waals surface area contributed by atoms with Crippen molar-refractivity contribution in [1.82, 2.24) is 16.0 Å². The zero-order valence-electron chi connectivity index (χ0n) is 11.8. The lowest BCUT2D eigenvalue weighted by atomic mass is 9.85. The first-order valence-corrected chi connectivity index (χ1v) is 6.95. The van der Waals surface area contributed by atoms with Crippen molar-refractivity contribution in [3.63, 3.8) is 0 Å². The van der Waals surface area contributed by atoms with Crippen molar-refractivity contribution in [3.8, 4) is 0 Å². The largest absolute Gasteiger partial charge is 0.480 e. The average molecular weight is 285 g/mol. The van der Waals surface area contributed by atoms with E-state index in [4.69, 9.17) is 5.11 Å². The fourth-order valence-electron chi connectivity index (χ4n) is 2.31. The Morgan fingerprint density at radius 1 is 1.25 bits per heavy atom. The lowest BCUT2D eigenvalue weighted by Gasteiger charge is -2.27. The maximum Gasteiger partial charge on any atom is 0.322 e. The van der Waals surface area contributed by atoms with E-state index in [1.165, 1.54) is 0 Å². The van der Waals surface area contributed by atoms with Crippen molar-refractivity contribution in [1.29, 1.82) is 0 Å². The number of piperidine rings is 1. The molecule has 2 unspecified atom stereocenters. The number of aliphatic carboxylic acids is 1. The van der Waals surface area contributed by atoms with Crippen LogP contribution in [0.25, 0.3) is 0 Å². The van der Waals surface area contributed by atoms with Gasteiger partial charge in [-0.15, -0.1) is 0 Å². The van der Waals surface area contributed by atoms with E-state index in [1.54, 1.807) is 0 Å². The first-order valence-electron chi connectivity index (χ1n) is 6.95. The number of carbonyl (C=O) groups excluding carboxylic acids is 2. The third kappa shape index (κ3) is 6.51. The number of hydrogen-bond acceptors (Lipinski definition) is 4. The number of rotatable bonds is 7. The second-order valence-electron chi connectivity index (χ2n) is 5.24. The van der Waals surface area contributed by atoms with Crippen LogP contribution in [0.3, 0.4) is 0 Å². The molecule has 2 amide bonds. The molecular formula is C13H23N3O4. The van der Waals surface area contributed by atoms with Crippen LogP contribution in [0.4, 0.5) is 0 Å². The third-order valence-electron chi connectivity index (χ3n) is 3.53. The van der Waals surface area contributed by atoms with Crippen molar-refractivity contribution < 1.29 is 19.5 Å². The van der Waals surface area contributed by atoms with E-state index in [2.05, 4.69) is 16.0 Å². The molecule has 114 valence electrons. The SMILES string of the molecule is CC(CC(=O)NCC(=O)NCC(=O)O)C1CCCNC1. The monoisotopic (exact) mass is 285 g/mol. The normalized spacial score (nSPS) is 19.9. The molecular weight excluding hydrogens is 262 g/mol. The lowest BCUT2D eigenvalue weighted by Crippen LogP contribution is -2.40. The van der Waals surface area contributed by atoms with Gasteiger partial charge in [0.1, 0.15) is 6.54 Å². The van der Waals surface area contributed by atoms with E-state index < -0.39 is 18.4 Å². The van der Waals surface area contributed by atoms with Gasteiger partial charge in [-0.2, -0.15) is 0 Å². The summed E-state index contributed by atoms with van der Waals surface area (Å²) in [5, 5.41) is 16.4. The van der Waals surface area contributed by atoms with Crippen molar-refractivity contribution in [3.05, 3.63) is 0 Å². The predicted octanol–water partition coefficient (Wildman–Crippen LogP) is -0.671. The molecule has 0 aliphatic carbocycles. The van der Waals surface area contributed by atoms with Crippen LogP contribution in [-0.2, 0) is 14.4 Å². The molecule has 0 radical (unpaired) electrons. The quantitative estimate of drug-likeness (QED) is 0.496. The lowest BCUT2D eigenvalue weighted by molar-refractivity contribution is -0.137. The third-order valence-corrected chi connectivity index (χ3v) is 3.53. The Labute approximate surface area is 118 Å². The Morgan fingerprint density at radius 3 is 2.55 bits per heavy atom. The minimum atomic E-state index is -1.11. The molecule has 0 aromatic heterocycles. The fraction of sp³-hybridized carbons (Fsp3) is 0.769. The molecule has 7 nitrogen and oxygen atoms in total. The van der Waals surface area contributed by atoms with Gasteiger partial charge in [-0.1, -0.05) is 6.92 Å². The second kappa shape index (κ2) is 8.52. The number of carboxylic acid groups (broad SMARTS) is 1. The standard InChI is InChI=1S/C13H23N3O4/c1-9(10-3-2-4-14-6-10)5-11(17)15-7-12(18)16-8-13(19)20/h9-10,14H,2-8H2,1H3,(H,15,17)(H,16,18)(H,19,20). The van der Waals surface area contributed by atoms with Gasteiger partial charge in [0.25, 0.3) is 0 Å². The highest BCUT2D eigenvalue weighted by Gasteiger charge is 2.22. The minimum absolute atomic E-state index is 0.173. The zero-order chi connectivity index (χ0) is 15.0. The molecule has 1 aliphatic rings. The number of amides is 2. The highest BCUT2D eigenvalue weighted by Crippen LogP contribution is 2.22. The molecule has 0 aromatic rings. The number of nitrogens with one attached hydrogen (secondary N) is 3. The van der Waals surface area contributed by atoms with Gasteiger partial charge in [0.05, 0.1) is 6.54 Å². The van der Waals surface area contributed by atoms with Crippen LogP contribution in [0.5, 0.6) is 0 Å². The Balaban J connectivity index is 2.18. The van der Waals surface area contributed by atoms with Crippen LogP contribution < -0.4 is 16.0 Å². The van der Waals surface area contributed by atoms with Gasteiger partial charge in [-0.05, 0) is 37.8 Å². The Morgan fingerprint density at radius 2 is 1.95 bits per heavy atom. The van der Waals surface area contributed by atoms with Crippen molar-refractivity contribution >= 4 is 17.8 Å². The molecule has 4 N–H and O–H groups in total. The van der Waals surface area contributed by atoms with E-state index >= 15 is 0 Å². The Kier molecular flexibility index (Phi) is 7.00. The Hall–Kier alpha value is -1.63. The van der Waals surface area contributed by atoms with Crippen molar-refractivity contribution in [2.24, 2.45) is 11.8 Å². The van der Waals surface area contributed by atoms with Gasteiger partial charge in [0, 0.05) is 6.42 Å². The highest BCUT2D eigenvalue weighted by atomic mass is 16.4. The van der Waals surface area contributed by atoms with E-state index in [-0.39, 0.29) is 18.4 Å². The summed E-state index contributed by atoms with van der Waals surface area (Å²) < 4.78 is 0. The van der Waals surface area contributed by atoms with Crippen molar-refractivity contribution in [2.75, 3.05) is 26.2 Å². The van der Waals surface area contributed by atoms with Gasteiger partial charge >= 0.3 is 5.97 Å². The molecule has 0 bridgehead atoms. The van der Waals surface area contributed by atoms with Crippen LogP contribution in [0.15, 0.2) is 0 Å². The van der Waals surface area contributed by atoms with Crippen LogP contribution in [0.2, 0.25) is 0 Å². The molecule has 1 rings (SSSR count). The van der Waals surface area contributed by atoms with Gasteiger partial charge in [0.2, 0.25) is 11.8 Å². The maximum absolute atomic E-state index is 11.7. The molecule has 1 fully saturated rings. The van der Waals surface area contributed by atoms with Gasteiger partial charge in [-0.3, -0.25) is 14.4 Å². The molecule has 20 heavy (non-hydrogen) atoms. The molecule has 2 atom stereocenters. The summed E-state index contributed by atoms with van der Waals surface area (Å²) in [6.45, 7) is 3.41. The van der Waals surface area contributed by atoms with E-state index in [1.807, 2.05) is 6.92 Å². The van der Waals surface area contributed by atoms with Gasteiger partial charge in [0.15, 0.2) is 0 Å². The highest BCUT2D eigenvalue weighted by molar-refractivity contribution is 5.86. The molecule has 1 aliphatic heterocycles. The van der Waals surface area contributed by atoms with E-state index in [0.29, 0.717) is 12.3 Å².